The minimum absolute atomic E-state index is 0.115. The number of carbonyl (C=O) groups excluding carboxylic acids is 1. The first-order valence-electron chi connectivity index (χ1n) is 9.96. The number of benzene rings is 2. The van der Waals surface area contributed by atoms with Crippen LogP contribution in [0.2, 0.25) is 0 Å². The summed E-state index contributed by atoms with van der Waals surface area (Å²) >= 11 is 0. The Labute approximate surface area is 174 Å². The molecule has 4 rings (SSSR count). The van der Waals surface area contributed by atoms with Crippen molar-refractivity contribution in [1.29, 1.82) is 0 Å². The summed E-state index contributed by atoms with van der Waals surface area (Å²) in [7, 11) is 0. The quantitative estimate of drug-likeness (QED) is 0.580. The summed E-state index contributed by atoms with van der Waals surface area (Å²) < 4.78 is 0. The second kappa shape index (κ2) is 8.64. The van der Waals surface area contributed by atoms with Crippen molar-refractivity contribution < 1.29 is 15.0 Å². The molecule has 0 atom stereocenters. The minimum atomic E-state index is -0.188. The van der Waals surface area contributed by atoms with Crippen LogP contribution < -0.4 is 10.6 Å². The normalized spacial score (nSPS) is 14.3. The monoisotopic (exact) mass is 407 g/mol. The Kier molecular flexibility index (Phi) is 5.78. The summed E-state index contributed by atoms with van der Waals surface area (Å²) in [6.07, 6.45) is 0.400. The van der Waals surface area contributed by atoms with Gasteiger partial charge < -0.3 is 25.7 Å². The lowest BCUT2D eigenvalue weighted by Gasteiger charge is -2.35. The molecule has 4 N–H and O–H groups in total. The molecule has 0 radical (unpaired) electrons. The number of carbonyl (C=O) groups is 1. The van der Waals surface area contributed by atoms with Gasteiger partial charge in [0.05, 0.1) is 25.2 Å². The topological polar surface area (TPSA) is 116 Å². The van der Waals surface area contributed by atoms with E-state index in [1.165, 1.54) is 0 Å². The highest BCUT2D eigenvalue weighted by Crippen LogP contribution is 2.26. The van der Waals surface area contributed by atoms with Gasteiger partial charge in [-0.1, -0.05) is 30.3 Å². The van der Waals surface area contributed by atoms with Gasteiger partial charge >= 0.3 is 0 Å². The van der Waals surface area contributed by atoms with E-state index >= 15 is 0 Å². The second-order valence-electron chi connectivity index (χ2n) is 7.39. The van der Waals surface area contributed by atoms with Crippen molar-refractivity contribution in [3.8, 4) is 0 Å². The Morgan fingerprint density at radius 1 is 0.967 bits per heavy atom. The number of aliphatic hydroxyl groups is 2. The second-order valence-corrected chi connectivity index (χ2v) is 7.39. The van der Waals surface area contributed by atoms with Crippen LogP contribution in [0.25, 0.3) is 10.9 Å². The van der Waals surface area contributed by atoms with Gasteiger partial charge in [0, 0.05) is 31.6 Å². The van der Waals surface area contributed by atoms with Crippen LogP contribution >= 0.6 is 0 Å². The van der Waals surface area contributed by atoms with Crippen LogP contribution in [0.4, 0.5) is 11.8 Å². The van der Waals surface area contributed by atoms with E-state index in [9.17, 15) is 15.0 Å². The molecule has 2 aromatic carbocycles. The zero-order chi connectivity index (χ0) is 21.1. The molecule has 30 heavy (non-hydrogen) atoms. The van der Waals surface area contributed by atoms with Gasteiger partial charge in [0.25, 0.3) is 0 Å². The van der Waals surface area contributed by atoms with Crippen LogP contribution in [-0.2, 0) is 24.4 Å². The van der Waals surface area contributed by atoms with E-state index in [-0.39, 0.29) is 19.1 Å². The van der Waals surface area contributed by atoms with Gasteiger partial charge in [-0.2, -0.15) is 4.98 Å². The maximum atomic E-state index is 12.6. The highest BCUT2D eigenvalue weighted by molar-refractivity contribution is 5.90. The third kappa shape index (κ3) is 4.05. The van der Waals surface area contributed by atoms with Crippen LogP contribution in [0.5, 0.6) is 0 Å². The number of anilines is 2. The molecule has 0 bridgehead atoms. The lowest BCUT2D eigenvalue weighted by atomic mass is 10.1. The zero-order valence-corrected chi connectivity index (χ0v) is 16.7. The predicted molar refractivity (Wildman–Crippen MR) is 115 cm³/mol. The molecule has 1 saturated heterocycles. The molecule has 3 aromatic rings. The Morgan fingerprint density at radius 2 is 1.63 bits per heavy atom. The van der Waals surface area contributed by atoms with E-state index in [0.29, 0.717) is 66.4 Å². The first kappa shape index (κ1) is 20.1. The lowest BCUT2D eigenvalue weighted by molar-refractivity contribution is -0.130. The molecule has 1 aromatic heterocycles. The Morgan fingerprint density at radius 3 is 2.30 bits per heavy atom. The van der Waals surface area contributed by atoms with Crippen molar-refractivity contribution in [2.75, 3.05) is 36.8 Å². The largest absolute Gasteiger partial charge is 0.392 e. The standard InChI is InChI=1S/C22H25N5O3/c23-21-18-11-16(13-28)17(14-29)12-19(18)24-22(25-21)27-8-6-26(7-9-27)20(30)10-15-4-2-1-3-5-15/h1-5,11-12,28-29H,6-10,13-14H2,(H2,23,24,25). The summed E-state index contributed by atoms with van der Waals surface area (Å²) in [5, 5.41) is 19.7. The van der Waals surface area contributed by atoms with E-state index in [1.807, 2.05) is 40.1 Å². The van der Waals surface area contributed by atoms with E-state index in [1.54, 1.807) is 12.1 Å². The molecule has 156 valence electrons. The molecule has 2 heterocycles. The number of hydrogen-bond acceptors (Lipinski definition) is 7. The molecule has 1 amide bonds. The molecule has 0 spiro atoms. The number of rotatable bonds is 5. The Hall–Kier alpha value is -3.23. The Bertz CT molecular complexity index is 1050. The summed E-state index contributed by atoms with van der Waals surface area (Å²) in [6, 6.07) is 13.2. The van der Waals surface area contributed by atoms with E-state index in [2.05, 4.69) is 9.97 Å². The van der Waals surface area contributed by atoms with Crippen molar-refractivity contribution >= 4 is 28.6 Å². The zero-order valence-electron chi connectivity index (χ0n) is 16.7. The highest BCUT2D eigenvalue weighted by Gasteiger charge is 2.23. The number of nitrogen functional groups attached to an aromatic ring is 1. The molecular weight excluding hydrogens is 382 g/mol. The molecule has 0 aliphatic carbocycles. The van der Waals surface area contributed by atoms with Crippen molar-refractivity contribution in [2.45, 2.75) is 19.6 Å². The summed E-state index contributed by atoms with van der Waals surface area (Å²) in [4.78, 5) is 25.5. The van der Waals surface area contributed by atoms with E-state index in [4.69, 9.17) is 5.73 Å². The molecular formula is C22H25N5O3. The molecule has 8 nitrogen and oxygen atoms in total. The van der Waals surface area contributed by atoms with Crippen molar-refractivity contribution in [2.24, 2.45) is 0 Å². The van der Waals surface area contributed by atoms with Crippen LogP contribution in [-0.4, -0.2) is 57.2 Å². The SMILES string of the molecule is Nc1nc(N2CCN(C(=O)Cc3ccccc3)CC2)nc2cc(CO)c(CO)cc12. The summed E-state index contributed by atoms with van der Waals surface area (Å²) in [5.41, 5.74) is 9.02. The average molecular weight is 407 g/mol. The fourth-order valence-electron chi connectivity index (χ4n) is 3.75. The number of aromatic nitrogens is 2. The maximum Gasteiger partial charge on any atom is 0.228 e. The molecule has 1 fully saturated rings. The number of nitrogens with two attached hydrogens (primary N) is 1. The molecule has 1 aliphatic rings. The number of amides is 1. The van der Waals surface area contributed by atoms with Crippen LogP contribution in [0.15, 0.2) is 42.5 Å². The predicted octanol–water partition coefficient (Wildman–Crippen LogP) is 1.09. The molecule has 0 unspecified atom stereocenters. The number of aliphatic hydroxyl groups excluding tert-OH is 2. The fourth-order valence-corrected chi connectivity index (χ4v) is 3.75. The van der Waals surface area contributed by atoms with Crippen LogP contribution in [0.1, 0.15) is 16.7 Å². The van der Waals surface area contributed by atoms with E-state index < -0.39 is 0 Å². The maximum absolute atomic E-state index is 12.6. The third-order valence-corrected chi connectivity index (χ3v) is 5.49. The first-order valence-corrected chi connectivity index (χ1v) is 9.96. The average Bonchev–Trinajstić information content (AvgIpc) is 2.79. The van der Waals surface area contributed by atoms with Gasteiger partial charge in [-0.15, -0.1) is 0 Å². The van der Waals surface area contributed by atoms with E-state index in [0.717, 1.165) is 5.56 Å². The fraction of sp³-hybridized carbons (Fsp3) is 0.318. The molecule has 8 heteroatoms. The van der Waals surface area contributed by atoms with Gasteiger partial charge in [0.2, 0.25) is 11.9 Å². The van der Waals surface area contributed by atoms with Gasteiger partial charge in [0.1, 0.15) is 5.82 Å². The smallest absolute Gasteiger partial charge is 0.228 e. The number of piperazine rings is 1. The van der Waals surface area contributed by atoms with Crippen molar-refractivity contribution in [3.05, 3.63) is 59.2 Å². The van der Waals surface area contributed by atoms with Crippen molar-refractivity contribution in [1.82, 2.24) is 14.9 Å². The lowest BCUT2D eigenvalue weighted by Crippen LogP contribution is -2.49. The van der Waals surface area contributed by atoms with Crippen LogP contribution in [0, 0.1) is 0 Å². The number of nitrogens with zero attached hydrogens (tertiary/aromatic N) is 4. The first-order chi connectivity index (χ1) is 14.6. The summed E-state index contributed by atoms with van der Waals surface area (Å²) in [5.74, 6) is 0.955. The van der Waals surface area contributed by atoms with Gasteiger partial charge in [-0.05, 0) is 28.8 Å². The molecule has 1 aliphatic heterocycles. The Balaban J connectivity index is 1.48. The highest BCUT2D eigenvalue weighted by atomic mass is 16.3. The van der Waals surface area contributed by atoms with Gasteiger partial charge in [-0.25, -0.2) is 4.98 Å². The third-order valence-electron chi connectivity index (χ3n) is 5.49. The minimum Gasteiger partial charge on any atom is -0.392 e. The number of hydrogen-bond donors (Lipinski definition) is 3. The molecule has 0 saturated carbocycles. The summed E-state index contributed by atoms with van der Waals surface area (Å²) in [6.45, 7) is 2.05. The van der Waals surface area contributed by atoms with Crippen LogP contribution in [0.3, 0.4) is 0 Å². The van der Waals surface area contributed by atoms with Crippen molar-refractivity contribution in [3.63, 3.8) is 0 Å². The van der Waals surface area contributed by atoms with Gasteiger partial charge in [0.15, 0.2) is 0 Å². The van der Waals surface area contributed by atoms with Gasteiger partial charge in [-0.3, -0.25) is 4.79 Å². The number of fused-ring (bicyclic) bond motifs is 1.